The van der Waals surface area contributed by atoms with Crippen molar-refractivity contribution in [3.8, 4) is 0 Å². The molecule has 2 saturated carbocycles. The maximum absolute atomic E-state index is 13.2. The van der Waals surface area contributed by atoms with Crippen molar-refractivity contribution in [1.29, 1.82) is 0 Å². The average molecular weight is 597 g/mol. The first-order chi connectivity index (χ1) is 19.1. The second kappa shape index (κ2) is 13.7. The molecule has 0 aromatic carbocycles. The molecule has 2 aliphatic heterocycles. The minimum atomic E-state index is -5.08. The van der Waals surface area contributed by atoms with Gasteiger partial charge in [0, 0.05) is 51.4 Å². The van der Waals surface area contributed by atoms with Gasteiger partial charge in [0.1, 0.15) is 5.82 Å². The van der Waals surface area contributed by atoms with Crippen LogP contribution in [0.2, 0.25) is 0 Å². The first-order valence-corrected chi connectivity index (χ1v) is 13.5. The van der Waals surface area contributed by atoms with Gasteiger partial charge in [0.25, 0.3) is 5.91 Å². The third kappa shape index (κ3) is 10.7. The van der Waals surface area contributed by atoms with Gasteiger partial charge in [-0.15, -0.1) is 0 Å². The third-order valence-electron chi connectivity index (χ3n) is 7.13. The van der Waals surface area contributed by atoms with Crippen molar-refractivity contribution >= 4 is 23.7 Å². The minimum Gasteiger partial charge on any atom is -0.475 e. The minimum absolute atomic E-state index is 0.181. The number of amides is 1. The summed E-state index contributed by atoms with van der Waals surface area (Å²) in [6.45, 7) is 6.22. The van der Waals surface area contributed by atoms with Crippen LogP contribution in [0.3, 0.4) is 0 Å². The van der Waals surface area contributed by atoms with Gasteiger partial charge in [0.15, 0.2) is 0 Å². The summed E-state index contributed by atoms with van der Waals surface area (Å²) in [6, 6.07) is 2.18. The van der Waals surface area contributed by atoms with Gasteiger partial charge in [-0.1, -0.05) is 0 Å². The van der Waals surface area contributed by atoms with E-state index >= 15 is 0 Å². The van der Waals surface area contributed by atoms with Gasteiger partial charge in [-0.25, -0.2) is 14.6 Å². The Morgan fingerprint density at radius 1 is 0.854 bits per heavy atom. The molecule has 3 fully saturated rings. The number of carbonyl (C=O) groups is 3. The molecule has 1 aromatic rings. The van der Waals surface area contributed by atoms with Gasteiger partial charge in [0.2, 0.25) is 0 Å². The van der Waals surface area contributed by atoms with E-state index in [1.165, 1.54) is 43.5 Å². The number of likely N-dealkylation sites (tertiary alicyclic amines) is 1. The summed E-state index contributed by atoms with van der Waals surface area (Å²) in [5.41, 5.74) is 3.32. The Balaban J connectivity index is 0.000000276. The largest absolute Gasteiger partial charge is 0.490 e. The molecule has 1 saturated heterocycles. The number of hydrogen-bond donors (Lipinski definition) is 3. The van der Waals surface area contributed by atoms with E-state index in [2.05, 4.69) is 16.3 Å². The lowest BCUT2D eigenvalue weighted by atomic mass is 10.0. The number of halogens is 6. The number of fused-ring (bicyclic) bond motifs is 1. The molecule has 0 spiro atoms. The van der Waals surface area contributed by atoms with Gasteiger partial charge in [0.05, 0.1) is 5.56 Å². The smallest absolute Gasteiger partial charge is 0.475 e. The molecule has 3 heterocycles. The summed E-state index contributed by atoms with van der Waals surface area (Å²) in [5.74, 6) is -2.79. The van der Waals surface area contributed by atoms with E-state index in [0.717, 1.165) is 81.6 Å². The van der Waals surface area contributed by atoms with Gasteiger partial charge < -0.3 is 25.3 Å². The maximum atomic E-state index is 13.2. The van der Waals surface area contributed by atoms with Crippen LogP contribution in [0, 0.1) is 11.8 Å². The number of carboxylic acids is 2. The lowest BCUT2D eigenvalue weighted by molar-refractivity contribution is -0.193. The van der Waals surface area contributed by atoms with Crippen molar-refractivity contribution in [3.63, 3.8) is 0 Å². The summed E-state index contributed by atoms with van der Waals surface area (Å²) in [7, 11) is 0. The number of nitrogens with zero attached hydrogens (tertiary/aromatic N) is 3. The van der Waals surface area contributed by atoms with Gasteiger partial charge in [-0.3, -0.25) is 4.79 Å². The lowest BCUT2D eigenvalue weighted by Gasteiger charge is -2.20. The summed E-state index contributed by atoms with van der Waals surface area (Å²) >= 11 is 0. The topological polar surface area (TPSA) is 123 Å². The Morgan fingerprint density at radius 2 is 1.37 bits per heavy atom. The summed E-state index contributed by atoms with van der Waals surface area (Å²) < 4.78 is 63.5. The molecule has 3 N–H and O–H groups in total. The van der Waals surface area contributed by atoms with Crippen LogP contribution in [0.25, 0.3) is 0 Å². The van der Waals surface area contributed by atoms with E-state index in [9.17, 15) is 31.1 Å². The second-order valence-electron chi connectivity index (χ2n) is 10.7. The van der Waals surface area contributed by atoms with Crippen molar-refractivity contribution in [2.75, 3.05) is 44.6 Å². The molecule has 0 atom stereocenters. The van der Waals surface area contributed by atoms with Crippen molar-refractivity contribution < 1.29 is 50.9 Å². The van der Waals surface area contributed by atoms with Gasteiger partial charge >= 0.3 is 24.3 Å². The van der Waals surface area contributed by atoms with Crippen molar-refractivity contribution in [1.82, 2.24) is 14.8 Å². The molecule has 41 heavy (non-hydrogen) atoms. The molecule has 0 radical (unpaired) electrons. The number of rotatable bonds is 6. The summed E-state index contributed by atoms with van der Waals surface area (Å²) in [6.07, 6.45) is -0.434. The summed E-state index contributed by atoms with van der Waals surface area (Å²) in [4.78, 5) is 40.6. The third-order valence-corrected chi connectivity index (χ3v) is 7.13. The fraction of sp³-hybridized carbons (Fsp3) is 0.692. The van der Waals surface area contributed by atoms with Crippen LogP contribution in [0.4, 0.5) is 32.2 Å². The molecule has 1 aromatic heterocycles. The van der Waals surface area contributed by atoms with Crippen LogP contribution in [-0.4, -0.2) is 94.5 Å². The van der Waals surface area contributed by atoms with Gasteiger partial charge in [-0.05, 0) is 68.4 Å². The van der Waals surface area contributed by atoms with Crippen molar-refractivity contribution in [2.24, 2.45) is 11.8 Å². The quantitative estimate of drug-likeness (QED) is 0.418. The molecular formula is C26H34F6N4O5. The second-order valence-corrected chi connectivity index (χ2v) is 10.7. The fourth-order valence-electron chi connectivity index (χ4n) is 4.48. The Labute approximate surface area is 232 Å². The van der Waals surface area contributed by atoms with Crippen LogP contribution in [-0.2, 0) is 22.4 Å². The van der Waals surface area contributed by atoms with Crippen molar-refractivity contribution in [2.45, 2.75) is 63.7 Å². The van der Waals surface area contributed by atoms with Crippen molar-refractivity contribution in [3.05, 3.63) is 22.9 Å². The molecule has 0 unspecified atom stereocenters. The summed E-state index contributed by atoms with van der Waals surface area (Å²) in [5, 5.41) is 17.8. The van der Waals surface area contributed by atoms with E-state index < -0.39 is 24.3 Å². The number of anilines is 1. The number of nitrogens with one attached hydrogen (secondary N) is 1. The molecule has 1 amide bonds. The molecule has 15 heteroatoms. The Kier molecular flexibility index (Phi) is 10.8. The Morgan fingerprint density at radius 3 is 1.85 bits per heavy atom. The van der Waals surface area contributed by atoms with E-state index in [1.54, 1.807) is 0 Å². The highest BCUT2D eigenvalue weighted by Gasteiger charge is 2.39. The van der Waals surface area contributed by atoms with E-state index in [1.807, 2.05) is 4.90 Å². The number of pyridine rings is 1. The van der Waals surface area contributed by atoms with E-state index in [4.69, 9.17) is 24.8 Å². The van der Waals surface area contributed by atoms with Crippen LogP contribution < -0.4 is 5.32 Å². The first kappa shape index (κ1) is 32.4. The molecule has 230 valence electrons. The van der Waals surface area contributed by atoms with Crippen LogP contribution in [0.1, 0.15) is 60.1 Å². The van der Waals surface area contributed by atoms with Crippen LogP contribution in [0.5, 0.6) is 0 Å². The zero-order valence-corrected chi connectivity index (χ0v) is 22.4. The number of aliphatic carboxylic acids is 2. The standard InChI is InChI=1S/C22H32N4O.2C2HF3O2/c27-22(26-9-1-2-10-26)19-13-18-7-11-25(15-17-5-6-17)12-8-20(18)24-21(19)23-14-16-3-4-16;2*3-2(4,5)1(6)7/h13,16-17H,1-12,14-15H2,(H,23,24);2*(H,6,7). The first-order valence-electron chi connectivity index (χ1n) is 13.5. The fourth-order valence-corrected chi connectivity index (χ4v) is 4.48. The normalized spacial score (nSPS) is 19.1. The van der Waals surface area contributed by atoms with E-state index in [0.29, 0.717) is 0 Å². The zero-order valence-electron chi connectivity index (χ0n) is 22.4. The monoisotopic (exact) mass is 596 g/mol. The predicted molar refractivity (Wildman–Crippen MR) is 135 cm³/mol. The number of alkyl halides is 6. The Hall–Kier alpha value is -3.10. The van der Waals surface area contributed by atoms with Gasteiger partial charge in [-0.2, -0.15) is 26.3 Å². The molecule has 4 aliphatic rings. The number of carboxylic acid groups (broad SMARTS) is 2. The molecule has 5 rings (SSSR count). The predicted octanol–water partition coefficient (Wildman–Crippen LogP) is 4.22. The number of carbonyl (C=O) groups excluding carboxylic acids is 1. The zero-order chi connectivity index (χ0) is 30.4. The molecular weight excluding hydrogens is 562 g/mol. The highest BCUT2D eigenvalue weighted by Crippen LogP contribution is 2.32. The maximum Gasteiger partial charge on any atom is 0.490 e. The van der Waals surface area contributed by atoms with Crippen LogP contribution >= 0.6 is 0 Å². The molecule has 2 aliphatic carbocycles. The highest BCUT2D eigenvalue weighted by atomic mass is 19.4. The number of hydrogen-bond acceptors (Lipinski definition) is 6. The molecule has 0 bridgehead atoms. The Bertz CT molecular complexity index is 1060. The lowest BCUT2D eigenvalue weighted by Crippen LogP contribution is -2.29. The number of aromatic nitrogens is 1. The van der Waals surface area contributed by atoms with Crippen LogP contribution in [0.15, 0.2) is 6.07 Å². The highest BCUT2D eigenvalue weighted by molar-refractivity contribution is 5.99. The molecule has 9 nitrogen and oxygen atoms in total. The van der Waals surface area contributed by atoms with E-state index in [-0.39, 0.29) is 5.91 Å². The average Bonchev–Trinajstić information content (AvgIpc) is 3.82. The SMILES string of the molecule is O=C(O)C(F)(F)F.O=C(O)C(F)(F)F.O=C(c1cc2c(nc1NCC1CC1)CCN(CC1CC1)CC2)N1CCCC1.